The third-order valence-electron chi connectivity index (χ3n) is 5.25. The Labute approximate surface area is 190 Å². The van der Waals surface area contributed by atoms with Crippen molar-refractivity contribution >= 4 is 0 Å². The van der Waals surface area contributed by atoms with Crippen molar-refractivity contribution in [2.24, 2.45) is 0 Å². The van der Waals surface area contributed by atoms with Gasteiger partial charge in [-0.25, -0.2) is 0 Å². The van der Waals surface area contributed by atoms with Crippen molar-refractivity contribution in [1.29, 1.82) is 0 Å². The van der Waals surface area contributed by atoms with Crippen molar-refractivity contribution in [3.63, 3.8) is 0 Å². The summed E-state index contributed by atoms with van der Waals surface area (Å²) in [7, 11) is 0. The van der Waals surface area contributed by atoms with E-state index in [1.54, 1.807) is 11.1 Å². The van der Waals surface area contributed by atoms with Crippen molar-refractivity contribution in [2.45, 2.75) is 63.2 Å². The molecule has 0 radical (unpaired) electrons. The fourth-order valence-corrected chi connectivity index (χ4v) is 3.97. The number of benzene rings is 2. The van der Waals surface area contributed by atoms with Gasteiger partial charge in [-0.15, -0.1) is 0 Å². The van der Waals surface area contributed by atoms with E-state index in [1.165, 1.54) is 51.4 Å². The van der Waals surface area contributed by atoms with Crippen molar-refractivity contribution in [2.75, 3.05) is 0 Å². The van der Waals surface area contributed by atoms with E-state index in [0.717, 1.165) is 11.8 Å². The summed E-state index contributed by atoms with van der Waals surface area (Å²) in [4.78, 5) is 0. The van der Waals surface area contributed by atoms with E-state index in [2.05, 4.69) is 60.7 Å². The van der Waals surface area contributed by atoms with Crippen LogP contribution in [0, 0.1) is 29.7 Å². The van der Waals surface area contributed by atoms with Gasteiger partial charge >= 0.3 is 25.8 Å². The van der Waals surface area contributed by atoms with Gasteiger partial charge in [-0.1, -0.05) is 86.3 Å². The zero-order valence-corrected chi connectivity index (χ0v) is 21.7. The Morgan fingerprint density at radius 1 is 0.444 bits per heavy atom. The van der Waals surface area contributed by atoms with Crippen LogP contribution in [0.5, 0.6) is 0 Å². The maximum atomic E-state index is 2.26. The molecule has 2 fully saturated rings. The Balaban J connectivity index is -0.000000360. The first-order valence-corrected chi connectivity index (χ1v) is 9.03. The van der Waals surface area contributed by atoms with Gasteiger partial charge in [-0.2, -0.15) is 0 Å². The normalized spacial score (nSPS) is 15.4. The van der Waals surface area contributed by atoms with Crippen LogP contribution in [0.2, 0.25) is 0 Å². The molecular weight excluding hydrogens is 491 g/mol. The second kappa shape index (κ2) is 17.4. The molecule has 0 aliphatic heterocycles. The Morgan fingerprint density at radius 3 is 0.963 bits per heavy atom. The summed E-state index contributed by atoms with van der Waals surface area (Å²) in [5, 5.41) is 0. The molecule has 4 rings (SSSR count). The van der Waals surface area contributed by atoms with E-state index >= 15 is 0 Å². The van der Waals surface area contributed by atoms with Gasteiger partial charge in [0.25, 0.3) is 0 Å². The molecule has 27 heavy (non-hydrogen) atoms. The van der Waals surface area contributed by atoms with Crippen molar-refractivity contribution in [3.8, 4) is 0 Å². The summed E-state index contributed by atoms with van der Waals surface area (Å²) in [5.74, 6) is 1.74. The van der Waals surface area contributed by atoms with E-state index in [-0.39, 0.29) is 55.5 Å². The molecule has 0 atom stereocenters. The van der Waals surface area contributed by atoms with Crippen LogP contribution < -0.4 is 0 Å². The van der Waals surface area contributed by atoms with Gasteiger partial charge in [0, 0.05) is 0 Å². The summed E-state index contributed by atoms with van der Waals surface area (Å²) < 4.78 is 0. The second-order valence-electron chi connectivity index (χ2n) is 6.78. The molecular formula is C26H40Hf. The van der Waals surface area contributed by atoms with Crippen LogP contribution in [0.4, 0.5) is 0 Å². The predicted molar refractivity (Wildman–Crippen MR) is 121 cm³/mol. The first-order valence-electron chi connectivity index (χ1n) is 9.03. The first-order chi connectivity index (χ1) is 10.9. The summed E-state index contributed by atoms with van der Waals surface area (Å²) in [5.41, 5.74) is 3.09. The molecule has 2 aromatic carbocycles. The van der Waals surface area contributed by atoms with Crippen LogP contribution in [0.3, 0.4) is 0 Å². The zero-order chi connectivity index (χ0) is 15.0. The number of hydrogen-bond acceptors (Lipinski definition) is 0. The minimum Gasteiger partial charge on any atom is -0.358 e. The van der Waals surface area contributed by atoms with Gasteiger partial charge < -0.3 is 29.7 Å². The van der Waals surface area contributed by atoms with Crippen LogP contribution in [-0.2, 0) is 25.8 Å². The summed E-state index contributed by atoms with van der Waals surface area (Å²) in [6.07, 6.45) is 11.3. The van der Waals surface area contributed by atoms with Crippen LogP contribution in [0.25, 0.3) is 0 Å². The summed E-state index contributed by atoms with van der Waals surface area (Å²) >= 11 is 0. The van der Waals surface area contributed by atoms with E-state index in [9.17, 15) is 0 Å². The van der Waals surface area contributed by atoms with Gasteiger partial charge in [0.05, 0.1) is 0 Å². The van der Waals surface area contributed by atoms with Crippen LogP contribution in [0.15, 0.2) is 60.7 Å². The second-order valence-corrected chi connectivity index (χ2v) is 6.78. The van der Waals surface area contributed by atoms with Crippen LogP contribution in [0.1, 0.15) is 74.3 Å². The van der Waals surface area contributed by atoms with E-state index in [1.807, 2.05) is 0 Å². The summed E-state index contributed by atoms with van der Waals surface area (Å²) in [6, 6.07) is 21.8. The summed E-state index contributed by atoms with van der Waals surface area (Å²) in [6.45, 7) is 0. The SMILES string of the molecule is [CH3-].[CH3-].[CH3-].[CH3-].[Hf+4].c1ccc(C2CCCC2)cc1.c1ccc(C2CCCC2)cc1. The molecule has 0 N–H and O–H groups in total. The molecule has 0 heterocycles. The smallest absolute Gasteiger partial charge is 0.358 e. The van der Waals surface area contributed by atoms with Gasteiger partial charge in [-0.05, 0) is 48.6 Å². The largest absolute Gasteiger partial charge is 4.00 e. The molecule has 148 valence electrons. The molecule has 0 spiro atoms. The fraction of sp³-hybridized carbons (Fsp3) is 0.385. The molecule has 2 aliphatic rings. The van der Waals surface area contributed by atoms with Crippen molar-refractivity contribution in [1.82, 2.24) is 0 Å². The van der Waals surface area contributed by atoms with Gasteiger partial charge in [0.1, 0.15) is 0 Å². The monoisotopic (exact) mass is 532 g/mol. The molecule has 0 amide bonds. The van der Waals surface area contributed by atoms with Gasteiger partial charge in [0.15, 0.2) is 0 Å². The average molecular weight is 531 g/mol. The Hall–Kier alpha value is -0.690. The third-order valence-corrected chi connectivity index (χ3v) is 5.25. The molecule has 1 heteroatoms. The molecule has 0 saturated heterocycles. The molecule has 2 aromatic rings. The van der Waals surface area contributed by atoms with Crippen molar-refractivity contribution in [3.05, 3.63) is 101 Å². The number of hydrogen-bond donors (Lipinski definition) is 0. The minimum absolute atomic E-state index is 0. The Morgan fingerprint density at radius 2 is 0.704 bits per heavy atom. The van der Waals surface area contributed by atoms with Crippen LogP contribution >= 0.6 is 0 Å². The van der Waals surface area contributed by atoms with E-state index < -0.39 is 0 Å². The molecule has 0 aromatic heterocycles. The minimum atomic E-state index is 0. The maximum absolute atomic E-state index is 2.26. The molecule has 0 nitrogen and oxygen atoms in total. The van der Waals surface area contributed by atoms with Crippen LogP contribution in [-0.4, -0.2) is 0 Å². The molecule has 2 aliphatic carbocycles. The van der Waals surface area contributed by atoms with Gasteiger partial charge in [-0.3, -0.25) is 0 Å². The van der Waals surface area contributed by atoms with E-state index in [4.69, 9.17) is 0 Å². The predicted octanol–water partition coefficient (Wildman–Crippen LogP) is 8.49. The Bertz CT molecular complexity index is 471. The quantitative estimate of drug-likeness (QED) is 0.270. The molecule has 0 bridgehead atoms. The maximum Gasteiger partial charge on any atom is 4.00 e. The third kappa shape index (κ3) is 9.88. The molecule has 0 unspecified atom stereocenters. The van der Waals surface area contributed by atoms with E-state index in [0.29, 0.717) is 0 Å². The van der Waals surface area contributed by atoms with Crippen molar-refractivity contribution < 1.29 is 25.8 Å². The number of rotatable bonds is 2. The average Bonchev–Trinajstić information content (AvgIpc) is 3.31. The fourth-order valence-electron chi connectivity index (χ4n) is 3.97. The molecule has 2 saturated carbocycles. The first kappa shape index (κ1) is 31.0. The topological polar surface area (TPSA) is 0 Å². The standard InChI is InChI=1S/2C11H14.4CH3.Hf/c2*1-2-6-10(7-3-1)11-8-4-5-9-11;;;;;/h2*1-3,6-7,11H,4-5,8-9H2;4*1H3;/q;;4*-1;+4. The van der Waals surface area contributed by atoms with Gasteiger partial charge in [0.2, 0.25) is 0 Å². The Kier molecular flexibility index (Phi) is 20.0. The zero-order valence-electron chi connectivity index (χ0n) is 18.1.